The molecule has 1 heterocycles. The number of aromatic nitrogens is 1. The zero-order valence-electron chi connectivity index (χ0n) is 16.8. The first-order chi connectivity index (χ1) is 14.7. The number of benzene rings is 2. The predicted molar refractivity (Wildman–Crippen MR) is 114 cm³/mol. The number of carbonyl (C=O) groups is 2. The van der Waals surface area contributed by atoms with Crippen LogP contribution < -0.4 is 0 Å². The molecule has 1 aromatic heterocycles. The number of hydrogen-bond donors (Lipinski definition) is 1. The summed E-state index contributed by atoms with van der Waals surface area (Å²) in [6.07, 6.45) is 1.14. The van der Waals surface area contributed by atoms with Crippen LogP contribution in [0.3, 0.4) is 0 Å². The van der Waals surface area contributed by atoms with Gasteiger partial charge in [-0.05, 0) is 37.1 Å². The number of ether oxygens (including phenoxy) is 1. The molecule has 0 fully saturated rings. The van der Waals surface area contributed by atoms with Gasteiger partial charge >= 0.3 is 5.97 Å². The van der Waals surface area contributed by atoms with E-state index in [9.17, 15) is 23.5 Å². The normalized spacial score (nSPS) is 11.2. The van der Waals surface area contributed by atoms with Crippen LogP contribution >= 0.6 is 23.2 Å². The highest BCUT2D eigenvalue weighted by Crippen LogP contribution is 2.36. The maximum absolute atomic E-state index is 14.8. The van der Waals surface area contributed by atoms with Crippen molar-refractivity contribution in [1.29, 1.82) is 0 Å². The first-order valence-electron chi connectivity index (χ1n) is 9.53. The third-order valence-corrected chi connectivity index (χ3v) is 5.68. The molecule has 0 amide bonds. The van der Waals surface area contributed by atoms with Gasteiger partial charge in [0.25, 0.3) is 5.91 Å². The van der Waals surface area contributed by atoms with Gasteiger partial charge in [0.15, 0.2) is 17.4 Å². The van der Waals surface area contributed by atoms with Crippen LogP contribution in [0.4, 0.5) is 8.78 Å². The summed E-state index contributed by atoms with van der Waals surface area (Å²) in [5.41, 5.74) is 0.332. The van der Waals surface area contributed by atoms with Crippen LogP contribution in [0, 0.1) is 18.6 Å². The van der Waals surface area contributed by atoms with E-state index in [-0.39, 0.29) is 50.8 Å². The Balaban J connectivity index is 2.17. The first-order valence-corrected chi connectivity index (χ1v) is 10.3. The second-order valence-electron chi connectivity index (χ2n) is 7.00. The van der Waals surface area contributed by atoms with Gasteiger partial charge in [0.1, 0.15) is 0 Å². The van der Waals surface area contributed by atoms with Gasteiger partial charge in [-0.2, -0.15) is 0 Å². The predicted octanol–water partition coefficient (Wildman–Crippen LogP) is 5.81. The van der Waals surface area contributed by atoms with E-state index in [4.69, 9.17) is 27.9 Å². The summed E-state index contributed by atoms with van der Waals surface area (Å²) in [6, 6.07) is 5.04. The molecule has 2 aromatic carbocycles. The maximum Gasteiger partial charge on any atom is 0.310 e. The largest absolute Gasteiger partial charge is 0.503 e. The second kappa shape index (κ2) is 9.24. The zero-order valence-corrected chi connectivity index (χ0v) is 18.3. The van der Waals surface area contributed by atoms with Crippen LogP contribution in [0.1, 0.15) is 41.4 Å². The summed E-state index contributed by atoms with van der Waals surface area (Å²) in [5, 5.41) is 9.92. The Bertz CT molecular complexity index is 1190. The van der Waals surface area contributed by atoms with Crippen molar-refractivity contribution in [3.8, 4) is 5.75 Å². The third kappa shape index (κ3) is 4.38. The Hall–Kier alpha value is -2.64. The van der Waals surface area contributed by atoms with Gasteiger partial charge in [0.2, 0.25) is 0 Å². The second-order valence-corrected chi connectivity index (χ2v) is 7.81. The van der Waals surface area contributed by atoms with Crippen molar-refractivity contribution < 1.29 is 28.2 Å². The van der Waals surface area contributed by atoms with E-state index >= 15 is 0 Å². The number of unbranched alkanes of at least 4 members (excludes halogenated alkanes) is 1. The molecule has 9 heteroatoms. The topological polar surface area (TPSA) is 68.5 Å². The monoisotopic (exact) mass is 469 g/mol. The molecular weight excluding hydrogens is 451 g/mol. The van der Waals surface area contributed by atoms with Crippen LogP contribution in [0.15, 0.2) is 24.3 Å². The van der Waals surface area contributed by atoms with Crippen LogP contribution in [-0.2, 0) is 16.0 Å². The van der Waals surface area contributed by atoms with E-state index in [0.717, 1.165) is 17.1 Å². The standard InChI is InChI=1S/C22H19Cl2F2NO4/c1-3-4-7-31-18(28)9-13-11(2)27(17-10-16(25)21(29)20(26)19(13)17)22(30)12-5-6-14(23)15(24)8-12/h5-6,8,10,29H,3-4,7,9H2,1-2H3. The minimum absolute atomic E-state index is 0.123. The van der Waals surface area contributed by atoms with Crippen molar-refractivity contribution in [1.82, 2.24) is 4.57 Å². The molecular formula is C22H19Cl2F2NO4. The number of phenolic OH excluding ortho intramolecular Hbond substituents is 1. The van der Waals surface area contributed by atoms with E-state index < -0.39 is 29.3 Å². The van der Waals surface area contributed by atoms with E-state index in [1.165, 1.54) is 25.1 Å². The summed E-state index contributed by atoms with van der Waals surface area (Å²) in [7, 11) is 0. The number of carbonyl (C=O) groups excluding carboxylic acids is 2. The smallest absolute Gasteiger partial charge is 0.310 e. The SMILES string of the molecule is CCCCOC(=O)Cc1c(C)n(C(=O)c2ccc(Cl)c(Cl)c2)c2cc(F)c(O)c(F)c12. The molecule has 0 aliphatic carbocycles. The summed E-state index contributed by atoms with van der Waals surface area (Å²) >= 11 is 11.9. The highest BCUT2D eigenvalue weighted by molar-refractivity contribution is 6.42. The molecule has 164 valence electrons. The molecule has 0 saturated carbocycles. The fraction of sp³-hybridized carbons (Fsp3) is 0.273. The Morgan fingerprint density at radius 3 is 2.52 bits per heavy atom. The minimum atomic E-state index is -1.25. The average molecular weight is 470 g/mol. The molecule has 0 atom stereocenters. The quantitative estimate of drug-likeness (QED) is 0.365. The third-order valence-electron chi connectivity index (χ3n) is 4.94. The van der Waals surface area contributed by atoms with E-state index in [1.807, 2.05) is 6.92 Å². The average Bonchev–Trinajstić information content (AvgIpc) is 2.99. The molecule has 0 aliphatic heterocycles. The maximum atomic E-state index is 14.8. The number of nitrogens with zero attached hydrogens (tertiary/aromatic N) is 1. The van der Waals surface area contributed by atoms with Crippen molar-refractivity contribution in [3.05, 3.63) is 62.8 Å². The summed E-state index contributed by atoms with van der Waals surface area (Å²) in [4.78, 5) is 25.5. The van der Waals surface area contributed by atoms with Gasteiger partial charge in [0.05, 0.1) is 28.6 Å². The van der Waals surface area contributed by atoms with Gasteiger partial charge in [-0.1, -0.05) is 36.5 Å². The summed E-state index contributed by atoms with van der Waals surface area (Å²) < 4.78 is 35.2. The molecule has 3 aromatic rings. The fourth-order valence-corrected chi connectivity index (χ4v) is 3.62. The van der Waals surface area contributed by atoms with Crippen LogP contribution in [0.2, 0.25) is 10.0 Å². The Morgan fingerprint density at radius 2 is 1.87 bits per heavy atom. The van der Waals surface area contributed by atoms with Crippen molar-refractivity contribution in [2.24, 2.45) is 0 Å². The Labute approximate surface area is 187 Å². The summed E-state index contributed by atoms with van der Waals surface area (Å²) in [5.74, 6) is -4.93. The molecule has 31 heavy (non-hydrogen) atoms. The Kier molecular flexibility index (Phi) is 6.86. The van der Waals surface area contributed by atoms with Gasteiger partial charge in [-0.25, -0.2) is 8.78 Å². The van der Waals surface area contributed by atoms with Crippen LogP contribution in [0.5, 0.6) is 5.75 Å². The molecule has 0 unspecified atom stereocenters. The highest BCUT2D eigenvalue weighted by Gasteiger charge is 2.27. The van der Waals surface area contributed by atoms with Gasteiger partial charge in [0, 0.05) is 22.7 Å². The summed E-state index contributed by atoms with van der Waals surface area (Å²) in [6.45, 7) is 3.64. The Morgan fingerprint density at radius 1 is 1.16 bits per heavy atom. The van der Waals surface area contributed by atoms with Crippen LogP contribution in [-0.4, -0.2) is 28.2 Å². The molecule has 1 N–H and O–H groups in total. The number of hydrogen-bond acceptors (Lipinski definition) is 4. The van der Waals surface area contributed by atoms with E-state index in [1.54, 1.807) is 0 Å². The fourth-order valence-electron chi connectivity index (χ4n) is 3.32. The van der Waals surface area contributed by atoms with Crippen molar-refractivity contribution in [2.45, 2.75) is 33.1 Å². The minimum Gasteiger partial charge on any atom is -0.503 e. The van der Waals surface area contributed by atoms with Gasteiger partial charge in [-0.3, -0.25) is 14.2 Å². The lowest BCUT2D eigenvalue weighted by Crippen LogP contribution is -2.15. The number of fused-ring (bicyclic) bond motifs is 1. The van der Waals surface area contributed by atoms with E-state index in [2.05, 4.69) is 0 Å². The lowest BCUT2D eigenvalue weighted by molar-refractivity contribution is -0.142. The van der Waals surface area contributed by atoms with Gasteiger partial charge < -0.3 is 9.84 Å². The number of phenols is 1. The molecule has 0 spiro atoms. The molecule has 0 aliphatic rings. The first kappa shape index (κ1) is 23.0. The molecule has 0 saturated heterocycles. The number of halogens is 4. The lowest BCUT2D eigenvalue weighted by Gasteiger charge is -2.09. The molecule has 3 rings (SSSR count). The highest BCUT2D eigenvalue weighted by atomic mass is 35.5. The van der Waals surface area contributed by atoms with E-state index in [0.29, 0.717) is 6.42 Å². The van der Waals surface area contributed by atoms with Gasteiger partial charge in [-0.15, -0.1) is 0 Å². The number of rotatable bonds is 6. The molecule has 0 radical (unpaired) electrons. The van der Waals surface area contributed by atoms with Crippen molar-refractivity contribution in [2.75, 3.05) is 6.61 Å². The van der Waals surface area contributed by atoms with Crippen LogP contribution in [0.25, 0.3) is 10.9 Å². The van der Waals surface area contributed by atoms with Crippen molar-refractivity contribution in [3.63, 3.8) is 0 Å². The van der Waals surface area contributed by atoms with Crippen molar-refractivity contribution >= 4 is 46.0 Å². The number of esters is 1. The molecule has 0 bridgehead atoms. The zero-order chi connectivity index (χ0) is 22.9. The lowest BCUT2D eigenvalue weighted by atomic mass is 10.1. The number of aromatic hydroxyl groups is 1. The molecule has 5 nitrogen and oxygen atoms in total.